The monoisotopic (exact) mass is 472 g/mol. The molecule has 0 spiro atoms. The first kappa shape index (κ1) is 26.7. The van der Waals surface area contributed by atoms with Crippen LogP contribution in [-0.2, 0) is 27.9 Å². The Labute approximate surface area is 191 Å². The van der Waals surface area contributed by atoms with Crippen molar-refractivity contribution in [1.29, 1.82) is 0 Å². The highest BCUT2D eigenvalue weighted by atomic mass is 28.4. The summed E-state index contributed by atoms with van der Waals surface area (Å²) in [7, 11) is -2.65. The number of fused-ring (bicyclic) bond motifs is 1. The average Bonchev–Trinajstić information content (AvgIpc) is 3.18. The number of rotatable bonds is 9. The molecule has 0 aromatic carbocycles. The fourth-order valence-corrected chi connectivity index (χ4v) is 8.48. The van der Waals surface area contributed by atoms with Crippen molar-refractivity contribution in [2.24, 2.45) is 0 Å². The normalized spacial score (nSPS) is 31.9. The Morgan fingerprint density at radius 2 is 1.74 bits per heavy atom. The third-order valence-corrected chi connectivity index (χ3v) is 16.7. The summed E-state index contributed by atoms with van der Waals surface area (Å²) in [4.78, 5) is 11.9. The van der Waals surface area contributed by atoms with Crippen LogP contribution in [0.15, 0.2) is 12.2 Å². The second-order valence-electron chi connectivity index (χ2n) is 10.5. The van der Waals surface area contributed by atoms with E-state index in [1.807, 2.05) is 0 Å². The third kappa shape index (κ3) is 5.70. The van der Waals surface area contributed by atoms with Gasteiger partial charge in [0, 0.05) is 12.5 Å². The molecule has 2 saturated heterocycles. The maximum atomic E-state index is 11.9. The van der Waals surface area contributed by atoms with Gasteiger partial charge in [0.15, 0.2) is 22.4 Å². The first-order chi connectivity index (χ1) is 14.3. The van der Waals surface area contributed by atoms with Gasteiger partial charge in [-0.1, -0.05) is 41.5 Å². The molecule has 0 radical (unpaired) electrons. The molecule has 2 aliphatic rings. The van der Waals surface area contributed by atoms with Crippen molar-refractivity contribution in [1.82, 2.24) is 0 Å². The van der Waals surface area contributed by atoms with E-state index >= 15 is 0 Å². The van der Waals surface area contributed by atoms with Gasteiger partial charge in [-0.15, -0.1) is 0 Å². The van der Waals surface area contributed by atoms with Crippen LogP contribution in [-0.4, -0.2) is 59.9 Å². The first-order valence-corrected chi connectivity index (χ1v) is 17.2. The summed E-state index contributed by atoms with van der Waals surface area (Å²) < 4.78 is 31.4. The molecule has 0 amide bonds. The smallest absolute Gasteiger partial charge is 0.330 e. The topological polar surface area (TPSA) is 63.2 Å². The Morgan fingerprint density at radius 3 is 2.23 bits per heavy atom. The molecule has 2 aliphatic heterocycles. The first-order valence-electron chi connectivity index (χ1n) is 11.8. The van der Waals surface area contributed by atoms with Crippen LogP contribution in [0.25, 0.3) is 0 Å². The zero-order valence-corrected chi connectivity index (χ0v) is 23.2. The van der Waals surface area contributed by atoms with Crippen molar-refractivity contribution in [3.63, 3.8) is 0 Å². The highest BCUT2D eigenvalue weighted by molar-refractivity contribution is 6.74. The fourth-order valence-electron chi connectivity index (χ4n) is 4.26. The number of hydrogen-bond acceptors (Lipinski definition) is 6. The molecule has 0 unspecified atom stereocenters. The van der Waals surface area contributed by atoms with E-state index in [0.29, 0.717) is 6.42 Å². The predicted octanol–water partition coefficient (Wildman–Crippen LogP) is 5.40. The maximum Gasteiger partial charge on any atom is 0.330 e. The van der Waals surface area contributed by atoms with Crippen LogP contribution in [0.4, 0.5) is 0 Å². The van der Waals surface area contributed by atoms with Crippen LogP contribution >= 0.6 is 0 Å². The van der Waals surface area contributed by atoms with E-state index in [2.05, 4.69) is 61.6 Å². The zero-order valence-electron chi connectivity index (χ0n) is 21.2. The van der Waals surface area contributed by atoms with E-state index in [0.717, 1.165) is 18.1 Å². The Bertz CT molecular complexity index is 647. The molecular formula is C23H44O6Si2. The summed E-state index contributed by atoms with van der Waals surface area (Å²) in [6, 6.07) is 2.98. The molecule has 0 aliphatic carbocycles. The van der Waals surface area contributed by atoms with Crippen molar-refractivity contribution in [2.45, 2.75) is 121 Å². The largest absolute Gasteiger partial charge is 0.466 e. The predicted molar refractivity (Wildman–Crippen MR) is 128 cm³/mol. The molecule has 0 aromatic rings. The SMILES string of the molecule is CC[Si](CC)(CC)O[C@@]1(/C=C\C(=O)OC)C[C@H]2O[C@H](C)[C@H](O[Si](C)(C)C(C)(C)C)[C@H]2O1. The zero-order chi connectivity index (χ0) is 23.7. The van der Waals surface area contributed by atoms with Gasteiger partial charge in [-0.3, -0.25) is 0 Å². The van der Waals surface area contributed by atoms with E-state index in [1.165, 1.54) is 13.2 Å². The van der Waals surface area contributed by atoms with Gasteiger partial charge in [-0.2, -0.15) is 0 Å². The molecule has 0 saturated carbocycles. The highest BCUT2D eigenvalue weighted by Gasteiger charge is 2.59. The summed E-state index contributed by atoms with van der Waals surface area (Å²) in [5.74, 6) is -1.39. The second kappa shape index (κ2) is 9.77. The van der Waals surface area contributed by atoms with Gasteiger partial charge in [0.2, 0.25) is 0 Å². The third-order valence-electron chi connectivity index (χ3n) is 7.60. The number of hydrogen-bond donors (Lipinski definition) is 0. The van der Waals surface area contributed by atoms with Gasteiger partial charge < -0.3 is 23.1 Å². The Morgan fingerprint density at radius 1 is 1.16 bits per heavy atom. The number of carbonyl (C=O) groups is 1. The van der Waals surface area contributed by atoms with Gasteiger partial charge in [0.05, 0.1) is 25.4 Å². The van der Waals surface area contributed by atoms with Crippen LogP contribution < -0.4 is 0 Å². The minimum atomic E-state index is -2.02. The van der Waals surface area contributed by atoms with Gasteiger partial charge in [-0.05, 0) is 49.3 Å². The van der Waals surface area contributed by atoms with Crippen LogP contribution in [0.3, 0.4) is 0 Å². The van der Waals surface area contributed by atoms with Crippen molar-refractivity contribution >= 4 is 22.6 Å². The van der Waals surface area contributed by atoms with Crippen molar-refractivity contribution < 1.29 is 27.9 Å². The summed E-state index contributed by atoms with van der Waals surface area (Å²) in [5.41, 5.74) is 0. The van der Waals surface area contributed by atoms with E-state index in [9.17, 15) is 4.79 Å². The molecule has 2 heterocycles. The molecule has 0 N–H and O–H groups in total. The average molecular weight is 473 g/mol. The standard InChI is InChI=1S/C23H44O6Si2/c1-11-31(12-2,13-3)29-23(15-14-19(24)25-8)16-18-21(27-23)20(17(4)26-18)28-30(9,10)22(5,6)7/h14-15,17-18,20-21H,11-13,16H2,1-10H3/b15-14-/t17-,18-,20+,21+,23+/m1/s1. The van der Waals surface area contributed by atoms with Gasteiger partial charge in [0.1, 0.15) is 6.10 Å². The number of methoxy groups -OCH3 is 1. The lowest BCUT2D eigenvalue weighted by Crippen LogP contribution is -2.51. The Balaban J connectivity index is 2.35. The lowest BCUT2D eigenvalue weighted by molar-refractivity contribution is -0.164. The summed E-state index contributed by atoms with van der Waals surface area (Å²) in [5, 5.41) is 0.0937. The molecule has 0 aromatic heterocycles. The lowest BCUT2D eigenvalue weighted by atomic mass is 10.1. The minimum absolute atomic E-state index is 0.0442. The minimum Gasteiger partial charge on any atom is -0.466 e. The summed E-state index contributed by atoms with van der Waals surface area (Å²) >= 11 is 0. The summed E-state index contributed by atoms with van der Waals surface area (Å²) in [6.07, 6.45) is 3.20. The molecule has 8 heteroatoms. The highest BCUT2D eigenvalue weighted by Crippen LogP contribution is 2.47. The van der Waals surface area contributed by atoms with Crippen LogP contribution in [0.5, 0.6) is 0 Å². The fraction of sp³-hybridized carbons (Fsp3) is 0.870. The molecule has 180 valence electrons. The molecule has 2 fully saturated rings. The molecule has 2 rings (SSSR count). The van der Waals surface area contributed by atoms with E-state index in [4.69, 9.17) is 23.1 Å². The molecule has 6 nitrogen and oxygen atoms in total. The molecule has 0 bridgehead atoms. The van der Waals surface area contributed by atoms with Gasteiger partial charge in [0.25, 0.3) is 0 Å². The molecule has 5 atom stereocenters. The van der Waals surface area contributed by atoms with Crippen LogP contribution in [0.1, 0.15) is 54.9 Å². The Hall–Kier alpha value is -0.516. The van der Waals surface area contributed by atoms with Crippen molar-refractivity contribution in [3.05, 3.63) is 12.2 Å². The molecular weight excluding hydrogens is 428 g/mol. The maximum absolute atomic E-state index is 11.9. The molecule has 31 heavy (non-hydrogen) atoms. The van der Waals surface area contributed by atoms with E-state index < -0.39 is 28.4 Å². The second-order valence-corrected chi connectivity index (χ2v) is 20.0. The lowest BCUT2D eigenvalue weighted by Gasteiger charge is -2.42. The van der Waals surface area contributed by atoms with Crippen molar-refractivity contribution in [2.75, 3.05) is 7.11 Å². The van der Waals surface area contributed by atoms with Crippen LogP contribution in [0.2, 0.25) is 36.3 Å². The number of ether oxygens (including phenoxy) is 3. The quantitative estimate of drug-likeness (QED) is 0.254. The van der Waals surface area contributed by atoms with Crippen LogP contribution in [0, 0.1) is 0 Å². The van der Waals surface area contributed by atoms with Gasteiger partial charge >= 0.3 is 5.97 Å². The van der Waals surface area contributed by atoms with E-state index in [1.54, 1.807) is 6.08 Å². The number of esters is 1. The van der Waals surface area contributed by atoms with E-state index in [-0.39, 0.29) is 29.5 Å². The van der Waals surface area contributed by atoms with Gasteiger partial charge in [-0.25, -0.2) is 4.79 Å². The Kier molecular flexibility index (Phi) is 8.42. The number of carbonyl (C=O) groups excluding carboxylic acids is 1. The van der Waals surface area contributed by atoms with Crippen molar-refractivity contribution in [3.8, 4) is 0 Å². The summed E-state index contributed by atoms with van der Waals surface area (Å²) in [6.45, 7) is 19.9.